The number of ether oxygens (including phenoxy) is 1. The fraction of sp³-hybridized carbons (Fsp3) is 0.200. The van der Waals surface area contributed by atoms with Gasteiger partial charge in [-0.1, -0.05) is 84.9 Å². The second kappa shape index (κ2) is 10.2. The van der Waals surface area contributed by atoms with Crippen molar-refractivity contribution in [3.63, 3.8) is 0 Å². The Morgan fingerprint density at radius 2 is 1.55 bits per heavy atom. The van der Waals surface area contributed by atoms with E-state index in [1.165, 1.54) is 17.0 Å². The summed E-state index contributed by atoms with van der Waals surface area (Å²) in [5.41, 5.74) is 9.14. The SMILES string of the molecule is CC(C)(C)OC(=O)N1C(C(N)=O)Cc2c([nH]c3ccccc23)C1(c1ccc(-c2ccccc2)cc1)c1cccc(F)c1. The number of H-pyrrole nitrogens is 1. The number of hydrogen-bond donors (Lipinski definition) is 2. The van der Waals surface area contributed by atoms with Crippen LogP contribution in [0.1, 0.15) is 43.2 Å². The molecule has 4 aromatic carbocycles. The zero-order valence-corrected chi connectivity index (χ0v) is 23.7. The zero-order valence-electron chi connectivity index (χ0n) is 23.7. The Bertz CT molecular complexity index is 1790. The number of aromatic nitrogens is 1. The number of nitrogens with two attached hydrogens (primary N) is 1. The van der Waals surface area contributed by atoms with Crippen molar-refractivity contribution in [2.45, 2.75) is 44.4 Å². The summed E-state index contributed by atoms with van der Waals surface area (Å²) in [6.07, 6.45) is -0.556. The van der Waals surface area contributed by atoms with Gasteiger partial charge in [0.15, 0.2) is 0 Å². The van der Waals surface area contributed by atoms with Crippen molar-refractivity contribution in [1.29, 1.82) is 0 Å². The minimum atomic E-state index is -1.48. The normalized spacial score (nSPS) is 18.5. The van der Waals surface area contributed by atoms with Gasteiger partial charge in [-0.15, -0.1) is 0 Å². The summed E-state index contributed by atoms with van der Waals surface area (Å²) in [5.74, 6) is -1.16. The van der Waals surface area contributed by atoms with E-state index in [-0.39, 0.29) is 6.42 Å². The minimum absolute atomic E-state index is 0.174. The molecule has 0 aliphatic carbocycles. The van der Waals surface area contributed by atoms with Crippen LogP contribution in [0.5, 0.6) is 0 Å². The van der Waals surface area contributed by atoms with Gasteiger partial charge in [0.1, 0.15) is 23.0 Å². The second-order valence-corrected chi connectivity index (χ2v) is 11.7. The van der Waals surface area contributed by atoms with Crippen LogP contribution in [-0.4, -0.2) is 33.5 Å². The molecule has 2 atom stereocenters. The van der Waals surface area contributed by atoms with E-state index in [2.05, 4.69) is 4.98 Å². The zero-order chi connectivity index (χ0) is 29.6. The summed E-state index contributed by atoms with van der Waals surface area (Å²) in [5, 5.41) is 0.907. The number of amides is 2. The molecule has 0 fully saturated rings. The van der Waals surface area contributed by atoms with Crippen LogP contribution in [0.3, 0.4) is 0 Å². The first-order valence-corrected chi connectivity index (χ1v) is 13.9. The van der Waals surface area contributed by atoms with E-state index in [1.54, 1.807) is 32.9 Å². The summed E-state index contributed by atoms with van der Waals surface area (Å²) in [6.45, 7) is 5.29. The van der Waals surface area contributed by atoms with E-state index in [0.29, 0.717) is 16.8 Å². The summed E-state index contributed by atoms with van der Waals surface area (Å²) in [4.78, 5) is 32.5. The third kappa shape index (κ3) is 4.51. The number of carbonyl (C=O) groups excluding carboxylic acids is 2. The van der Waals surface area contributed by atoms with Crippen LogP contribution in [0.25, 0.3) is 22.0 Å². The Morgan fingerprint density at radius 3 is 2.21 bits per heavy atom. The van der Waals surface area contributed by atoms with Crippen molar-refractivity contribution in [3.05, 3.63) is 131 Å². The summed E-state index contributed by atoms with van der Waals surface area (Å²) in [6, 6.07) is 30.5. The lowest BCUT2D eigenvalue weighted by Crippen LogP contribution is -2.63. The highest BCUT2D eigenvalue weighted by Gasteiger charge is 2.56. The number of primary amides is 1. The molecule has 5 aromatic rings. The van der Waals surface area contributed by atoms with Gasteiger partial charge in [0.25, 0.3) is 0 Å². The molecule has 7 heteroatoms. The van der Waals surface area contributed by atoms with Crippen LogP contribution in [0.15, 0.2) is 103 Å². The van der Waals surface area contributed by atoms with Crippen molar-refractivity contribution in [2.24, 2.45) is 5.73 Å². The first-order valence-electron chi connectivity index (χ1n) is 13.9. The molecule has 0 saturated heterocycles. The lowest BCUT2D eigenvalue weighted by molar-refractivity contribution is -0.125. The average molecular weight is 562 g/mol. The monoisotopic (exact) mass is 561 g/mol. The predicted octanol–water partition coefficient (Wildman–Crippen LogP) is 6.91. The topological polar surface area (TPSA) is 88.4 Å². The molecule has 3 N–H and O–H groups in total. The molecule has 6 rings (SSSR count). The molecule has 1 aliphatic rings. The number of benzene rings is 4. The number of nitrogens with zero attached hydrogens (tertiary/aromatic N) is 1. The van der Waals surface area contributed by atoms with Gasteiger partial charge < -0.3 is 15.5 Å². The standard InChI is InChI=1S/C35H32FN3O3/c1-34(2,3)42-33(41)39-30(32(37)40)21-28-27-14-7-8-15-29(27)38-31(28)35(39,25-12-9-13-26(36)20-25)24-18-16-23(17-19-24)22-10-5-4-6-11-22/h4-20,30,38H,21H2,1-3H3,(H2,37,40). The quantitative estimate of drug-likeness (QED) is 0.250. The Labute approximate surface area is 243 Å². The first-order chi connectivity index (χ1) is 20.1. The van der Waals surface area contributed by atoms with E-state index in [4.69, 9.17) is 10.5 Å². The van der Waals surface area contributed by atoms with Crippen LogP contribution in [0, 0.1) is 5.82 Å². The van der Waals surface area contributed by atoms with Crippen LogP contribution in [-0.2, 0) is 21.5 Å². The molecule has 6 nitrogen and oxygen atoms in total. The number of aromatic amines is 1. The average Bonchev–Trinajstić information content (AvgIpc) is 3.34. The van der Waals surface area contributed by atoms with Gasteiger partial charge in [-0.05, 0) is 66.8 Å². The van der Waals surface area contributed by atoms with E-state index in [9.17, 15) is 9.59 Å². The van der Waals surface area contributed by atoms with Gasteiger partial charge in [-0.3, -0.25) is 9.69 Å². The molecule has 2 amide bonds. The predicted molar refractivity (Wildman–Crippen MR) is 161 cm³/mol. The molecule has 0 radical (unpaired) electrons. The molecular weight excluding hydrogens is 529 g/mol. The number of halogens is 1. The lowest BCUT2D eigenvalue weighted by atomic mass is 9.72. The molecule has 0 bridgehead atoms. The van der Waals surface area contributed by atoms with Crippen LogP contribution < -0.4 is 5.73 Å². The van der Waals surface area contributed by atoms with Crippen LogP contribution in [0.2, 0.25) is 0 Å². The van der Waals surface area contributed by atoms with Gasteiger partial charge in [-0.25, -0.2) is 9.18 Å². The first kappa shape index (κ1) is 27.3. The smallest absolute Gasteiger partial charge is 0.412 e. The lowest BCUT2D eigenvalue weighted by Gasteiger charge is -2.50. The molecule has 0 spiro atoms. The fourth-order valence-electron chi connectivity index (χ4n) is 6.14. The van der Waals surface area contributed by atoms with Crippen molar-refractivity contribution in [1.82, 2.24) is 9.88 Å². The molecule has 2 unspecified atom stereocenters. The Kier molecular flexibility index (Phi) is 6.61. The fourth-order valence-corrected chi connectivity index (χ4v) is 6.14. The van der Waals surface area contributed by atoms with Gasteiger partial charge >= 0.3 is 6.09 Å². The van der Waals surface area contributed by atoms with E-state index < -0.39 is 35.0 Å². The van der Waals surface area contributed by atoms with Crippen LogP contribution in [0.4, 0.5) is 9.18 Å². The maximum atomic E-state index is 15.1. The highest BCUT2D eigenvalue weighted by molar-refractivity contribution is 5.92. The van der Waals surface area contributed by atoms with Crippen molar-refractivity contribution in [2.75, 3.05) is 0 Å². The largest absolute Gasteiger partial charge is 0.444 e. The summed E-state index contributed by atoms with van der Waals surface area (Å²) in [7, 11) is 0. The maximum absolute atomic E-state index is 15.1. The maximum Gasteiger partial charge on any atom is 0.412 e. The molecule has 2 heterocycles. The van der Waals surface area contributed by atoms with Crippen LogP contribution >= 0.6 is 0 Å². The number of nitrogens with one attached hydrogen (secondary N) is 1. The number of fused-ring (bicyclic) bond motifs is 3. The van der Waals surface area contributed by atoms with Gasteiger partial charge in [0, 0.05) is 17.3 Å². The molecular formula is C35H32FN3O3. The number of para-hydroxylation sites is 1. The van der Waals surface area contributed by atoms with Crippen molar-refractivity contribution < 1.29 is 18.7 Å². The third-order valence-electron chi connectivity index (χ3n) is 7.82. The molecule has 1 aliphatic heterocycles. The van der Waals surface area contributed by atoms with Crippen molar-refractivity contribution >= 4 is 22.9 Å². The summed E-state index contributed by atoms with van der Waals surface area (Å²) < 4.78 is 21.0. The Morgan fingerprint density at radius 1 is 0.881 bits per heavy atom. The van der Waals surface area contributed by atoms with Gasteiger partial charge in [0.05, 0.1) is 5.69 Å². The Balaban J connectivity index is 1.72. The Hall–Kier alpha value is -4.91. The molecule has 0 saturated carbocycles. The van der Waals surface area contributed by atoms with Gasteiger partial charge in [-0.2, -0.15) is 0 Å². The van der Waals surface area contributed by atoms with Gasteiger partial charge in [0.2, 0.25) is 5.91 Å². The van der Waals surface area contributed by atoms with E-state index in [1.807, 2.05) is 78.9 Å². The van der Waals surface area contributed by atoms with E-state index in [0.717, 1.165) is 27.6 Å². The third-order valence-corrected chi connectivity index (χ3v) is 7.82. The summed E-state index contributed by atoms with van der Waals surface area (Å²) >= 11 is 0. The molecule has 42 heavy (non-hydrogen) atoms. The highest BCUT2D eigenvalue weighted by Crippen LogP contribution is 2.50. The second-order valence-electron chi connectivity index (χ2n) is 11.7. The van der Waals surface area contributed by atoms with Crippen molar-refractivity contribution in [3.8, 4) is 11.1 Å². The number of rotatable bonds is 4. The van der Waals surface area contributed by atoms with E-state index >= 15 is 4.39 Å². The number of hydrogen-bond acceptors (Lipinski definition) is 3. The highest BCUT2D eigenvalue weighted by atomic mass is 19.1. The number of carbonyl (C=O) groups is 2. The molecule has 212 valence electrons. The molecule has 1 aromatic heterocycles. The minimum Gasteiger partial charge on any atom is -0.444 e.